The van der Waals surface area contributed by atoms with Crippen molar-refractivity contribution in [3.63, 3.8) is 0 Å². The van der Waals surface area contributed by atoms with E-state index in [1.54, 1.807) is 0 Å². The van der Waals surface area contributed by atoms with Crippen molar-refractivity contribution in [3.05, 3.63) is 35.9 Å². The van der Waals surface area contributed by atoms with Crippen molar-refractivity contribution in [2.75, 3.05) is 6.61 Å². The Hall–Kier alpha value is -0.590. The summed E-state index contributed by atoms with van der Waals surface area (Å²) in [7, 11) is 0. The molecule has 104 valence electrons. The Morgan fingerprint density at radius 2 is 1.95 bits per heavy atom. The SMILES string of the molecule is C[C@H]1C(O)[C@@H]2OC(c3ccccc3)OCC2O[C@H]1S. The summed E-state index contributed by atoms with van der Waals surface area (Å²) in [6.07, 6.45) is -1.65. The van der Waals surface area contributed by atoms with Gasteiger partial charge in [0.1, 0.15) is 17.6 Å². The lowest BCUT2D eigenvalue weighted by atomic mass is 9.93. The molecule has 1 aromatic rings. The lowest BCUT2D eigenvalue weighted by Crippen LogP contribution is -2.57. The Bertz CT molecular complexity index is 425. The molecule has 0 bridgehead atoms. The first kappa shape index (κ1) is 13.4. The van der Waals surface area contributed by atoms with E-state index in [2.05, 4.69) is 12.6 Å². The predicted octanol–water partition coefficient (Wildman–Crippen LogP) is 1.75. The third kappa shape index (κ3) is 2.53. The molecular formula is C14H18O4S. The monoisotopic (exact) mass is 282 g/mol. The molecule has 2 aliphatic rings. The Balaban J connectivity index is 1.75. The number of hydrogen-bond acceptors (Lipinski definition) is 5. The van der Waals surface area contributed by atoms with Gasteiger partial charge in [0.25, 0.3) is 0 Å². The standard InChI is InChI=1S/C14H18O4S/c1-8-11(15)12-10(17-14(8)19)7-16-13(18-12)9-5-3-2-4-6-9/h2-6,8,10-15,19H,7H2,1H3/t8-,10?,11?,12+,13?,14-/m0/s1. The van der Waals surface area contributed by atoms with Crippen LogP contribution in [-0.4, -0.2) is 35.5 Å². The third-order valence-corrected chi connectivity index (χ3v) is 4.36. The smallest absolute Gasteiger partial charge is 0.184 e. The van der Waals surface area contributed by atoms with E-state index in [9.17, 15) is 5.11 Å². The van der Waals surface area contributed by atoms with Crippen molar-refractivity contribution in [2.24, 2.45) is 5.92 Å². The van der Waals surface area contributed by atoms with Crippen molar-refractivity contribution in [1.82, 2.24) is 0 Å². The second-order valence-corrected chi connectivity index (χ2v) is 5.60. The summed E-state index contributed by atoms with van der Waals surface area (Å²) >= 11 is 4.33. The van der Waals surface area contributed by atoms with Gasteiger partial charge in [-0.3, -0.25) is 0 Å². The van der Waals surface area contributed by atoms with Crippen LogP contribution in [0.25, 0.3) is 0 Å². The number of fused-ring (bicyclic) bond motifs is 1. The molecule has 3 unspecified atom stereocenters. The molecule has 0 saturated carbocycles. The minimum absolute atomic E-state index is 0.0703. The van der Waals surface area contributed by atoms with Crippen LogP contribution in [0.4, 0.5) is 0 Å². The highest BCUT2D eigenvalue weighted by molar-refractivity contribution is 7.80. The molecule has 6 atom stereocenters. The lowest BCUT2D eigenvalue weighted by molar-refractivity contribution is -0.311. The summed E-state index contributed by atoms with van der Waals surface area (Å²) in [5.41, 5.74) is 0.672. The highest BCUT2D eigenvalue weighted by atomic mass is 32.1. The molecule has 3 rings (SSSR count). The van der Waals surface area contributed by atoms with Crippen molar-refractivity contribution in [1.29, 1.82) is 0 Å². The molecule has 2 heterocycles. The van der Waals surface area contributed by atoms with E-state index in [4.69, 9.17) is 14.2 Å². The molecule has 0 radical (unpaired) electrons. The molecule has 2 saturated heterocycles. The van der Waals surface area contributed by atoms with Crippen molar-refractivity contribution in [2.45, 2.75) is 37.0 Å². The third-order valence-electron chi connectivity index (χ3n) is 3.77. The van der Waals surface area contributed by atoms with Gasteiger partial charge in [-0.2, -0.15) is 0 Å². The molecule has 0 spiro atoms. The number of hydrogen-bond donors (Lipinski definition) is 2. The maximum Gasteiger partial charge on any atom is 0.184 e. The second-order valence-electron chi connectivity index (χ2n) is 5.09. The number of aliphatic hydroxyl groups is 1. The van der Waals surface area contributed by atoms with Crippen LogP contribution in [0.5, 0.6) is 0 Å². The fourth-order valence-electron chi connectivity index (χ4n) is 2.52. The molecule has 2 fully saturated rings. The van der Waals surface area contributed by atoms with Crippen molar-refractivity contribution >= 4 is 12.6 Å². The van der Waals surface area contributed by atoms with E-state index in [1.807, 2.05) is 37.3 Å². The molecule has 19 heavy (non-hydrogen) atoms. The maximum absolute atomic E-state index is 10.3. The number of aliphatic hydroxyl groups excluding tert-OH is 1. The van der Waals surface area contributed by atoms with Gasteiger partial charge in [-0.15, -0.1) is 12.6 Å². The fourth-order valence-corrected chi connectivity index (χ4v) is 2.85. The lowest BCUT2D eigenvalue weighted by Gasteiger charge is -2.46. The first-order valence-electron chi connectivity index (χ1n) is 6.50. The second kappa shape index (κ2) is 5.42. The van der Waals surface area contributed by atoms with Crippen LogP contribution >= 0.6 is 12.6 Å². The van der Waals surface area contributed by atoms with Crippen LogP contribution in [0.3, 0.4) is 0 Å². The maximum atomic E-state index is 10.3. The van der Waals surface area contributed by atoms with E-state index in [-0.39, 0.29) is 23.6 Å². The zero-order valence-corrected chi connectivity index (χ0v) is 11.6. The first-order valence-corrected chi connectivity index (χ1v) is 7.02. The highest BCUT2D eigenvalue weighted by Crippen LogP contribution is 2.36. The quantitative estimate of drug-likeness (QED) is 0.771. The first-order chi connectivity index (χ1) is 9.16. The molecule has 5 heteroatoms. The number of rotatable bonds is 1. The summed E-state index contributed by atoms with van der Waals surface area (Å²) in [6, 6.07) is 9.72. The number of thiol groups is 1. The van der Waals surface area contributed by atoms with Gasteiger partial charge in [-0.25, -0.2) is 0 Å². The van der Waals surface area contributed by atoms with Gasteiger partial charge in [0, 0.05) is 11.5 Å². The molecule has 2 aliphatic heterocycles. The topological polar surface area (TPSA) is 47.9 Å². The Morgan fingerprint density at radius 3 is 2.68 bits per heavy atom. The summed E-state index contributed by atoms with van der Waals surface area (Å²) < 4.78 is 17.3. The number of benzene rings is 1. The summed E-state index contributed by atoms with van der Waals surface area (Å²) in [5.74, 6) is -0.0703. The Labute approximate surface area is 118 Å². The van der Waals surface area contributed by atoms with Gasteiger partial charge in [-0.05, 0) is 0 Å². The van der Waals surface area contributed by atoms with Crippen LogP contribution in [-0.2, 0) is 14.2 Å². The van der Waals surface area contributed by atoms with E-state index in [1.165, 1.54) is 0 Å². The largest absolute Gasteiger partial charge is 0.390 e. The molecule has 4 nitrogen and oxygen atoms in total. The molecule has 0 aromatic heterocycles. The highest BCUT2D eigenvalue weighted by Gasteiger charge is 2.46. The van der Waals surface area contributed by atoms with Crippen LogP contribution < -0.4 is 0 Å². The van der Waals surface area contributed by atoms with Crippen LogP contribution in [0.2, 0.25) is 0 Å². The minimum atomic E-state index is -0.587. The predicted molar refractivity (Wildman–Crippen MR) is 72.8 cm³/mol. The van der Waals surface area contributed by atoms with Gasteiger partial charge in [0.05, 0.1) is 12.7 Å². The van der Waals surface area contributed by atoms with E-state index in [0.29, 0.717) is 6.61 Å². The van der Waals surface area contributed by atoms with Crippen LogP contribution in [0, 0.1) is 5.92 Å². The normalized spacial score (nSPS) is 42.7. The fraction of sp³-hybridized carbons (Fsp3) is 0.571. The van der Waals surface area contributed by atoms with E-state index in [0.717, 1.165) is 5.56 Å². The van der Waals surface area contributed by atoms with Gasteiger partial charge >= 0.3 is 0 Å². The van der Waals surface area contributed by atoms with E-state index < -0.39 is 12.4 Å². The zero-order valence-electron chi connectivity index (χ0n) is 10.7. The van der Waals surface area contributed by atoms with Gasteiger partial charge in [0.2, 0.25) is 0 Å². The average molecular weight is 282 g/mol. The Kier molecular flexibility index (Phi) is 3.82. The molecule has 0 amide bonds. The molecule has 1 aromatic carbocycles. The van der Waals surface area contributed by atoms with Crippen LogP contribution in [0.15, 0.2) is 30.3 Å². The Morgan fingerprint density at radius 1 is 1.21 bits per heavy atom. The zero-order chi connectivity index (χ0) is 13.4. The average Bonchev–Trinajstić information content (AvgIpc) is 2.46. The van der Waals surface area contributed by atoms with Crippen molar-refractivity contribution in [3.8, 4) is 0 Å². The molecule has 0 aliphatic carbocycles. The molecule has 1 N–H and O–H groups in total. The minimum Gasteiger partial charge on any atom is -0.390 e. The van der Waals surface area contributed by atoms with Crippen LogP contribution in [0.1, 0.15) is 18.8 Å². The summed E-state index contributed by atoms with van der Waals surface area (Å²) in [6.45, 7) is 2.32. The number of ether oxygens (including phenoxy) is 3. The summed E-state index contributed by atoms with van der Waals surface area (Å²) in [4.78, 5) is 0. The summed E-state index contributed by atoms with van der Waals surface area (Å²) in [5, 5.41) is 10.3. The van der Waals surface area contributed by atoms with Gasteiger partial charge in [0.15, 0.2) is 6.29 Å². The van der Waals surface area contributed by atoms with E-state index >= 15 is 0 Å². The van der Waals surface area contributed by atoms with Gasteiger partial charge < -0.3 is 19.3 Å². The van der Waals surface area contributed by atoms with Crippen molar-refractivity contribution < 1.29 is 19.3 Å². The molecular weight excluding hydrogens is 264 g/mol. The van der Waals surface area contributed by atoms with Gasteiger partial charge in [-0.1, -0.05) is 37.3 Å².